The zero-order valence-electron chi connectivity index (χ0n) is 13.5. The summed E-state index contributed by atoms with van der Waals surface area (Å²) in [6.07, 6.45) is 1.59. The number of ether oxygens (including phenoxy) is 1. The summed E-state index contributed by atoms with van der Waals surface area (Å²) < 4.78 is 34.6. The molecule has 0 bridgehead atoms. The van der Waals surface area contributed by atoms with Crippen molar-refractivity contribution in [3.63, 3.8) is 0 Å². The number of allylic oxidation sites excluding steroid dienone is 1. The SMILES string of the molecule is COC(=O)/C(C)=C(\CCCCCl)OS(=O)(=O)c1ccc(C)cc1. The van der Waals surface area contributed by atoms with Gasteiger partial charge in [0.15, 0.2) is 0 Å². The highest BCUT2D eigenvalue weighted by atomic mass is 35.5. The van der Waals surface area contributed by atoms with Crippen LogP contribution in [0.1, 0.15) is 31.7 Å². The molecule has 1 aromatic rings. The number of hydrogen-bond donors (Lipinski definition) is 0. The van der Waals surface area contributed by atoms with Gasteiger partial charge in [-0.3, -0.25) is 0 Å². The van der Waals surface area contributed by atoms with Gasteiger partial charge in [-0.15, -0.1) is 11.6 Å². The van der Waals surface area contributed by atoms with Gasteiger partial charge in [-0.05, 0) is 38.8 Å². The number of halogens is 1. The van der Waals surface area contributed by atoms with Crippen LogP contribution in [-0.4, -0.2) is 27.4 Å². The van der Waals surface area contributed by atoms with Gasteiger partial charge in [-0.2, -0.15) is 8.42 Å². The number of unbranched alkanes of at least 4 members (excludes halogenated alkanes) is 1. The second kappa shape index (κ2) is 8.93. The lowest BCUT2D eigenvalue weighted by Crippen LogP contribution is -2.12. The van der Waals surface area contributed by atoms with Crippen LogP contribution in [0.4, 0.5) is 0 Å². The molecule has 0 amide bonds. The average molecular weight is 361 g/mol. The summed E-state index contributed by atoms with van der Waals surface area (Å²) in [5.74, 6) is -0.0811. The molecule has 0 aromatic heterocycles. The first-order valence-electron chi connectivity index (χ1n) is 7.17. The lowest BCUT2D eigenvalue weighted by molar-refractivity contribution is -0.136. The lowest BCUT2D eigenvalue weighted by Gasteiger charge is -2.13. The highest BCUT2D eigenvalue weighted by Gasteiger charge is 2.21. The van der Waals surface area contributed by atoms with E-state index in [4.69, 9.17) is 15.8 Å². The van der Waals surface area contributed by atoms with Gasteiger partial charge in [0, 0.05) is 12.3 Å². The molecular weight excluding hydrogens is 340 g/mol. The number of alkyl halides is 1. The third kappa shape index (κ3) is 5.88. The molecule has 0 aliphatic rings. The van der Waals surface area contributed by atoms with Gasteiger partial charge in [-0.25, -0.2) is 4.79 Å². The summed E-state index contributed by atoms with van der Waals surface area (Å²) in [4.78, 5) is 11.7. The standard InChI is InChI=1S/C16H21ClO5S/c1-12-7-9-14(10-8-12)23(19,20)22-15(6-4-5-11-17)13(2)16(18)21-3/h7-10H,4-6,11H2,1-3H3/b15-13+. The van der Waals surface area contributed by atoms with E-state index >= 15 is 0 Å². The first-order valence-corrected chi connectivity index (χ1v) is 9.11. The molecule has 0 radical (unpaired) electrons. The maximum atomic E-state index is 12.4. The largest absolute Gasteiger partial charge is 0.466 e. The number of esters is 1. The van der Waals surface area contributed by atoms with Crippen molar-refractivity contribution in [3.8, 4) is 0 Å². The fourth-order valence-corrected chi connectivity index (χ4v) is 3.05. The Hall–Kier alpha value is -1.53. The van der Waals surface area contributed by atoms with Crippen molar-refractivity contribution in [1.29, 1.82) is 0 Å². The normalized spacial score (nSPS) is 12.5. The maximum Gasteiger partial charge on any atom is 0.338 e. The van der Waals surface area contributed by atoms with Crippen LogP contribution < -0.4 is 0 Å². The number of hydrogen-bond acceptors (Lipinski definition) is 5. The number of carbonyl (C=O) groups excluding carboxylic acids is 1. The Morgan fingerprint density at radius 3 is 2.30 bits per heavy atom. The second-order valence-electron chi connectivity index (χ2n) is 5.04. The molecule has 0 heterocycles. The van der Waals surface area contributed by atoms with E-state index in [1.165, 1.54) is 26.2 Å². The van der Waals surface area contributed by atoms with Crippen LogP contribution in [0.25, 0.3) is 0 Å². The van der Waals surface area contributed by atoms with Gasteiger partial charge in [-0.1, -0.05) is 17.7 Å². The average Bonchev–Trinajstić information content (AvgIpc) is 2.53. The van der Waals surface area contributed by atoms with E-state index in [1.54, 1.807) is 12.1 Å². The number of aryl methyl sites for hydroxylation is 1. The molecular formula is C16H21ClO5S. The van der Waals surface area contributed by atoms with Crippen molar-refractivity contribution >= 4 is 27.7 Å². The fourth-order valence-electron chi connectivity index (χ4n) is 1.82. The van der Waals surface area contributed by atoms with Crippen molar-refractivity contribution in [2.24, 2.45) is 0 Å². The van der Waals surface area contributed by atoms with Gasteiger partial charge < -0.3 is 8.92 Å². The van der Waals surface area contributed by atoms with Crippen molar-refractivity contribution in [2.75, 3.05) is 13.0 Å². The molecule has 0 unspecified atom stereocenters. The van der Waals surface area contributed by atoms with Crippen molar-refractivity contribution in [3.05, 3.63) is 41.2 Å². The molecule has 0 spiro atoms. The number of methoxy groups -OCH3 is 1. The Balaban J connectivity index is 3.08. The third-order valence-electron chi connectivity index (χ3n) is 3.22. The minimum atomic E-state index is -4.00. The summed E-state index contributed by atoms with van der Waals surface area (Å²) in [5, 5.41) is 0. The van der Waals surface area contributed by atoms with Crippen molar-refractivity contribution < 1.29 is 22.1 Å². The van der Waals surface area contributed by atoms with Crippen LogP contribution in [-0.2, 0) is 23.8 Å². The molecule has 7 heteroatoms. The highest BCUT2D eigenvalue weighted by Crippen LogP contribution is 2.23. The Labute approximate surface area is 142 Å². The van der Waals surface area contributed by atoms with E-state index in [2.05, 4.69) is 4.74 Å². The van der Waals surface area contributed by atoms with Gasteiger partial charge in [0.05, 0.1) is 12.7 Å². The Kier molecular flexibility index (Phi) is 7.58. The molecule has 0 atom stereocenters. The van der Waals surface area contributed by atoms with Crippen LogP contribution >= 0.6 is 11.6 Å². The summed E-state index contributed by atoms with van der Waals surface area (Å²) in [5.41, 5.74) is 1.07. The van der Waals surface area contributed by atoms with Crippen molar-refractivity contribution in [2.45, 2.75) is 38.0 Å². The number of benzene rings is 1. The van der Waals surface area contributed by atoms with E-state index in [-0.39, 0.29) is 16.2 Å². The smallest absolute Gasteiger partial charge is 0.338 e. The maximum absolute atomic E-state index is 12.4. The van der Waals surface area contributed by atoms with Crippen molar-refractivity contribution in [1.82, 2.24) is 0 Å². The predicted molar refractivity (Wildman–Crippen MR) is 88.7 cm³/mol. The molecule has 0 saturated carbocycles. The van der Waals surface area contributed by atoms with E-state index < -0.39 is 16.1 Å². The van der Waals surface area contributed by atoms with E-state index in [0.717, 1.165) is 5.56 Å². The van der Waals surface area contributed by atoms with Gasteiger partial charge in [0.25, 0.3) is 0 Å². The fraction of sp³-hybridized carbons (Fsp3) is 0.438. The zero-order valence-corrected chi connectivity index (χ0v) is 15.0. The van der Waals surface area contributed by atoms with Crippen LogP contribution in [0, 0.1) is 6.92 Å². The molecule has 5 nitrogen and oxygen atoms in total. The molecule has 0 aliphatic heterocycles. The Bertz CT molecular complexity index is 662. The Morgan fingerprint density at radius 2 is 1.78 bits per heavy atom. The summed E-state index contributed by atoms with van der Waals surface area (Å²) in [7, 11) is -2.77. The van der Waals surface area contributed by atoms with Gasteiger partial charge in [0.1, 0.15) is 10.7 Å². The minimum Gasteiger partial charge on any atom is -0.466 e. The number of carbonyl (C=O) groups is 1. The quantitative estimate of drug-likeness (QED) is 0.177. The van der Waals surface area contributed by atoms with Gasteiger partial charge >= 0.3 is 16.1 Å². The molecule has 1 rings (SSSR count). The van der Waals surface area contributed by atoms with E-state index in [1.807, 2.05) is 6.92 Å². The number of rotatable bonds is 8. The zero-order chi connectivity index (χ0) is 17.5. The first kappa shape index (κ1) is 19.5. The molecule has 0 saturated heterocycles. The van der Waals surface area contributed by atoms with E-state index in [9.17, 15) is 13.2 Å². The lowest BCUT2D eigenvalue weighted by atomic mass is 10.1. The summed E-state index contributed by atoms with van der Waals surface area (Å²) in [6.45, 7) is 3.34. The van der Waals surface area contributed by atoms with Crippen LogP contribution in [0.3, 0.4) is 0 Å². The topological polar surface area (TPSA) is 69.7 Å². The highest BCUT2D eigenvalue weighted by molar-refractivity contribution is 7.86. The second-order valence-corrected chi connectivity index (χ2v) is 6.96. The van der Waals surface area contributed by atoms with Crippen LogP contribution in [0.5, 0.6) is 0 Å². The third-order valence-corrected chi connectivity index (χ3v) is 4.75. The van der Waals surface area contributed by atoms with Crippen LogP contribution in [0.2, 0.25) is 0 Å². The Morgan fingerprint density at radius 1 is 1.17 bits per heavy atom. The van der Waals surface area contributed by atoms with E-state index in [0.29, 0.717) is 25.1 Å². The van der Waals surface area contributed by atoms with Crippen LogP contribution in [0.15, 0.2) is 40.5 Å². The minimum absolute atomic E-state index is 0.0376. The molecule has 128 valence electrons. The molecule has 0 aliphatic carbocycles. The molecule has 23 heavy (non-hydrogen) atoms. The van der Waals surface area contributed by atoms with Gasteiger partial charge in [0.2, 0.25) is 0 Å². The predicted octanol–water partition coefficient (Wildman–Crippen LogP) is 3.56. The summed E-state index contributed by atoms with van der Waals surface area (Å²) in [6, 6.07) is 6.30. The molecule has 0 fully saturated rings. The first-order chi connectivity index (χ1) is 10.8. The monoisotopic (exact) mass is 360 g/mol. The summed E-state index contributed by atoms with van der Waals surface area (Å²) >= 11 is 5.63. The molecule has 0 N–H and O–H groups in total. The molecule has 1 aromatic carbocycles.